The third-order valence-electron chi connectivity index (χ3n) is 4.08. The van der Waals surface area contributed by atoms with Gasteiger partial charge in [-0.1, -0.05) is 6.92 Å². The lowest BCUT2D eigenvalue weighted by Crippen LogP contribution is -2.27. The van der Waals surface area contributed by atoms with E-state index >= 15 is 0 Å². The first-order chi connectivity index (χ1) is 11.8. The Kier molecular flexibility index (Phi) is 6.01. The first-order valence-electron chi connectivity index (χ1n) is 8.14. The number of ether oxygens (including phenoxy) is 2. The highest BCUT2D eigenvalue weighted by molar-refractivity contribution is 7.98. The molecule has 0 spiro atoms. The Bertz CT molecular complexity index is 751. The van der Waals surface area contributed by atoms with Gasteiger partial charge < -0.3 is 14.6 Å². The Morgan fingerprint density at radius 2 is 1.76 bits per heavy atom. The average molecular weight is 360 g/mol. The van der Waals surface area contributed by atoms with Crippen LogP contribution < -0.4 is 9.47 Å². The zero-order valence-corrected chi connectivity index (χ0v) is 16.1. The van der Waals surface area contributed by atoms with Gasteiger partial charge in [-0.15, -0.1) is 11.8 Å². The first kappa shape index (κ1) is 19.2. The van der Waals surface area contributed by atoms with Crippen LogP contribution in [0.15, 0.2) is 41.3 Å². The van der Waals surface area contributed by atoms with Crippen molar-refractivity contribution in [1.82, 2.24) is 0 Å². The summed E-state index contributed by atoms with van der Waals surface area (Å²) in [6, 6.07) is 10.8. The van der Waals surface area contributed by atoms with Crippen molar-refractivity contribution in [2.24, 2.45) is 0 Å². The lowest BCUT2D eigenvalue weighted by Gasteiger charge is -2.27. The predicted molar refractivity (Wildman–Crippen MR) is 101 cm³/mol. The van der Waals surface area contributed by atoms with Crippen LogP contribution in [0.1, 0.15) is 43.1 Å². The molecular formula is C20H24O4S. The molecule has 2 aromatic carbocycles. The van der Waals surface area contributed by atoms with Gasteiger partial charge in [0.15, 0.2) is 0 Å². The Morgan fingerprint density at radius 1 is 1.16 bits per heavy atom. The third kappa shape index (κ3) is 4.92. The number of benzene rings is 2. The van der Waals surface area contributed by atoms with Crippen molar-refractivity contribution >= 4 is 17.7 Å². The molecule has 0 saturated carbocycles. The maximum Gasteiger partial charge on any atom is 0.335 e. The van der Waals surface area contributed by atoms with E-state index in [4.69, 9.17) is 9.47 Å². The zero-order chi connectivity index (χ0) is 18.6. The summed E-state index contributed by atoms with van der Waals surface area (Å²) in [5.41, 5.74) is 0.530. The molecule has 0 aliphatic heterocycles. The fraction of sp³-hybridized carbons (Fsp3) is 0.350. The molecule has 2 rings (SSSR count). The van der Waals surface area contributed by atoms with E-state index in [-0.39, 0.29) is 11.2 Å². The molecule has 25 heavy (non-hydrogen) atoms. The molecule has 0 fully saturated rings. The molecule has 0 aliphatic rings. The second kappa shape index (κ2) is 7.83. The van der Waals surface area contributed by atoms with Crippen LogP contribution in [0.5, 0.6) is 17.2 Å². The number of hydrogen-bond acceptors (Lipinski definition) is 4. The number of carbonyl (C=O) groups is 1. The monoisotopic (exact) mass is 360 g/mol. The van der Waals surface area contributed by atoms with E-state index in [1.54, 1.807) is 17.8 Å². The fourth-order valence-corrected chi connectivity index (χ4v) is 2.55. The zero-order valence-electron chi connectivity index (χ0n) is 15.3. The van der Waals surface area contributed by atoms with Crippen LogP contribution in [0.4, 0.5) is 0 Å². The van der Waals surface area contributed by atoms with Gasteiger partial charge in [-0.05, 0) is 69.8 Å². The van der Waals surface area contributed by atoms with Crippen molar-refractivity contribution in [2.45, 2.75) is 44.6 Å². The van der Waals surface area contributed by atoms with Gasteiger partial charge >= 0.3 is 5.97 Å². The summed E-state index contributed by atoms with van der Waals surface area (Å²) in [7, 11) is 0. The summed E-state index contributed by atoms with van der Waals surface area (Å²) in [6.07, 6.45) is 2.81. The highest BCUT2D eigenvalue weighted by Crippen LogP contribution is 2.35. The molecule has 5 heteroatoms. The number of thioether (sulfide) groups is 1. The maximum absolute atomic E-state index is 11.5. The molecule has 0 bridgehead atoms. The van der Waals surface area contributed by atoms with Gasteiger partial charge in [0.25, 0.3) is 0 Å². The lowest BCUT2D eigenvalue weighted by atomic mass is 10.1. The van der Waals surface area contributed by atoms with Gasteiger partial charge in [-0.25, -0.2) is 4.79 Å². The Labute approximate surface area is 153 Å². The second-order valence-electron chi connectivity index (χ2n) is 6.40. The van der Waals surface area contributed by atoms with Crippen LogP contribution >= 0.6 is 11.8 Å². The highest BCUT2D eigenvalue weighted by atomic mass is 32.2. The Hall–Kier alpha value is -2.14. The van der Waals surface area contributed by atoms with Crippen LogP contribution in [0.2, 0.25) is 0 Å². The largest absolute Gasteiger partial charge is 0.487 e. The predicted octanol–water partition coefficient (Wildman–Crippen LogP) is 5.77. The summed E-state index contributed by atoms with van der Waals surface area (Å²) in [6.45, 7) is 7.85. The molecule has 0 aliphatic carbocycles. The van der Waals surface area contributed by atoms with E-state index in [1.165, 1.54) is 6.07 Å². The minimum absolute atomic E-state index is 0.142. The van der Waals surface area contributed by atoms with E-state index in [1.807, 2.05) is 58.2 Å². The lowest BCUT2D eigenvalue weighted by molar-refractivity contribution is 0.0692. The standard InChI is InChI=1S/C20H24O4S/c1-6-20(3,4)24-18-12-14(19(21)22)11-17(13(18)2)23-15-7-9-16(25-5)10-8-15/h7-12H,6H2,1-5H3,(H,21,22). The maximum atomic E-state index is 11.5. The van der Waals surface area contributed by atoms with Crippen LogP contribution in [-0.2, 0) is 0 Å². The van der Waals surface area contributed by atoms with Gasteiger partial charge in [0.1, 0.15) is 22.8 Å². The summed E-state index contributed by atoms with van der Waals surface area (Å²) in [4.78, 5) is 12.6. The van der Waals surface area contributed by atoms with Crippen LogP contribution in [-0.4, -0.2) is 22.9 Å². The van der Waals surface area contributed by atoms with Gasteiger partial charge in [0.2, 0.25) is 0 Å². The molecule has 0 unspecified atom stereocenters. The number of hydrogen-bond donors (Lipinski definition) is 1. The highest BCUT2D eigenvalue weighted by Gasteiger charge is 2.21. The van der Waals surface area contributed by atoms with E-state index in [0.29, 0.717) is 17.2 Å². The summed E-state index contributed by atoms with van der Waals surface area (Å²) in [5.74, 6) is 0.659. The van der Waals surface area contributed by atoms with Crippen molar-refractivity contribution in [3.05, 3.63) is 47.5 Å². The first-order valence-corrected chi connectivity index (χ1v) is 9.37. The molecule has 0 saturated heterocycles. The van der Waals surface area contributed by atoms with Crippen LogP contribution in [0.3, 0.4) is 0 Å². The van der Waals surface area contributed by atoms with Crippen molar-refractivity contribution in [1.29, 1.82) is 0 Å². The molecule has 0 atom stereocenters. The quantitative estimate of drug-likeness (QED) is 0.635. The number of carboxylic acid groups (broad SMARTS) is 1. The minimum atomic E-state index is -1.01. The molecule has 134 valence electrons. The topological polar surface area (TPSA) is 55.8 Å². The molecule has 1 N–H and O–H groups in total. The van der Waals surface area contributed by atoms with Gasteiger partial charge in [0.05, 0.1) is 5.56 Å². The molecule has 0 heterocycles. The summed E-state index contributed by atoms with van der Waals surface area (Å²) >= 11 is 1.65. The number of aromatic carboxylic acids is 1. The molecule has 4 nitrogen and oxygen atoms in total. The smallest absolute Gasteiger partial charge is 0.335 e. The van der Waals surface area contributed by atoms with Crippen LogP contribution in [0.25, 0.3) is 0 Å². The fourth-order valence-electron chi connectivity index (χ4n) is 2.14. The summed E-state index contributed by atoms with van der Waals surface area (Å²) in [5, 5.41) is 9.40. The van der Waals surface area contributed by atoms with E-state index < -0.39 is 5.97 Å². The van der Waals surface area contributed by atoms with Gasteiger partial charge in [0, 0.05) is 10.5 Å². The minimum Gasteiger partial charge on any atom is -0.487 e. The van der Waals surface area contributed by atoms with Crippen molar-refractivity contribution < 1.29 is 19.4 Å². The van der Waals surface area contributed by atoms with Crippen molar-refractivity contribution in [3.8, 4) is 17.2 Å². The van der Waals surface area contributed by atoms with Gasteiger partial charge in [-0.3, -0.25) is 0 Å². The SMILES string of the molecule is CCC(C)(C)Oc1cc(C(=O)O)cc(Oc2ccc(SC)cc2)c1C. The Morgan fingerprint density at radius 3 is 2.28 bits per heavy atom. The van der Waals surface area contributed by atoms with E-state index in [9.17, 15) is 9.90 Å². The second-order valence-corrected chi connectivity index (χ2v) is 7.28. The molecular weight excluding hydrogens is 336 g/mol. The molecule has 0 radical (unpaired) electrons. The third-order valence-corrected chi connectivity index (χ3v) is 4.83. The molecule has 2 aromatic rings. The van der Waals surface area contributed by atoms with Crippen molar-refractivity contribution in [2.75, 3.05) is 6.26 Å². The number of carboxylic acids is 1. The number of rotatable bonds is 7. The Balaban J connectivity index is 2.41. The molecule has 0 amide bonds. The summed E-state index contributed by atoms with van der Waals surface area (Å²) < 4.78 is 12.0. The molecule has 0 aromatic heterocycles. The van der Waals surface area contributed by atoms with Crippen molar-refractivity contribution in [3.63, 3.8) is 0 Å². The average Bonchev–Trinajstić information content (AvgIpc) is 2.58. The normalized spacial score (nSPS) is 11.2. The van der Waals surface area contributed by atoms with E-state index in [2.05, 4.69) is 0 Å². The van der Waals surface area contributed by atoms with Crippen LogP contribution in [0, 0.1) is 6.92 Å². The van der Waals surface area contributed by atoms with Gasteiger partial charge in [-0.2, -0.15) is 0 Å². The van der Waals surface area contributed by atoms with E-state index in [0.717, 1.165) is 16.9 Å².